The molecule has 1 atom stereocenters. The number of hydrogen-bond donors (Lipinski definition) is 2. The number of amides is 2. The van der Waals surface area contributed by atoms with Crippen molar-refractivity contribution < 1.29 is 23.9 Å². The first-order valence-electron chi connectivity index (χ1n) is 6.84. The van der Waals surface area contributed by atoms with Gasteiger partial charge in [0.2, 0.25) is 5.91 Å². The summed E-state index contributed by atoms with van der Waals surface area (Å²) in [5.74, 6) is -0.816. The molecule has 0 unspecified atom stereocenters. The van der Waals surface area contributed by atoms with Crippen LogP contribution in [0.2, 0.25) is 0 Å². The summed E-state index contributed by atoms with van der Waals surface area (Å²) in [6.45, 7) is 1.80. The van der Waals surface area contributed by atoms with Gasteiger partial charge in [-0.05, 0) is 12.5 Å². The van der Waals surface area contributed by atoms with Crippen LogP contribution in [-0.2, 0) is 25.7 Å². The van der Waals surface area contributed by atoms with Crippen LogP contribution in [0.1, 0.15) is 18.9 Å². The third-order valence-corrected chi connectivity index (χ3v) is 2.80. The highest BCUT2D eigenvalue weighted by molar-refractivity contribution is 5.85. The van der Waals surface area contributed by atoms with Gasteiger partial charge < -0.3 is 20.1 Å². The van der Waals surface area contributed by atoms with E-state index < -0.39 is 24.0 Å². The van der Waals surface area contributed by atoms with Crippen LogP contribution in [0.3, 0.4) is 0 Å². The number of ether oxygens (including phenoxy) is 2. The van der Waals surface area contributed by atoms with Gasteiger partial charge in [-0.3, -0.25) is 9.59 Å². The molecule has 1 aromatic carbocycles. The van der Waals surface area contributed by atoms with E-state index in [2.05, 4.69) is 15.4 Å². The Morgan fingerprint density at radius 3 is 2.50 bits per heavy atom. The Labute approximate surface area is 129 Å². The zero-order valence-corrected chi connectivity index (χ0v) is 12.6. The SMILES string of the molecule is COC(=O)CCNC(=O)[C@H](C)NC(=O)OCc1ccccc1. The fourth-order valence-corrected chi connectivity index (χ4v) is 1.55. The van der Waals surface area contributed by atoms with Crippen LogP contribution in [0.5, 0.6) is 0 Å². The van der Waals surface area contributed by atoms with Gasteiger partial charge in [-0.15, -0.1) is 0 Å². The van der Waals surface area contributed by atoms with E-state index in [4.69, 9.17) is 4.74 Å². The molecule has 0 aliphatic heterocycles. The first-order chi connectivity index (χ1) is 10.5. The number of alkyl carbamates (subject to hydrolysis) is 1. The summed E-state index contributed by atoms with van der Waals surface area (Å²) in [6, 6.07) is 8.44. The molecule has 0 aromatic heterocycles. The van der Waals surface area contributed by atoms with Crippen LogP contribution in [-0.4, -0.2) is 37.7 Å². The van der Waals surface area contributed by atoms with Crippen molar-refractivity contribution in [1.82, 2.24) is 10.6 Å². The molecule has 7 heteroatoms. The highest BCUT2D eigenvalue weighted by atomic mass is 16.5. The molecule has 0 radical (unpaired) electrons. The molecule has 0 saturated carbocycles. The maximum atomic E-state index is 11.7. The number of hydrogen-bond acceptors (Lipinski definition) is 5. The number of carbonyl (C=O) groups is 3. The molecule has 22 heavy (non-hydrogen) atoms. The van der Waals surface area contributed by atoms with Crippen molar-refractivity contribution in [3.63, 3.8) is 0 Å². The number of carbonyl (C=O) groups excluding carboxylic acids is 3. The first kappa shape index (κ1) is 17.5. The minimum atomic E-state index is -0.763. The third-order valence-electron chi connectivity index (χ3n) is 2.80. The van der Waals surface area contributed by atoms with Gasteiger partial charge in [-0.2, -0.15) is 0 Å². The van der Waals surface area contributed by atoms with Crippen molar-refractivity contribution in [2.24, 2.45) is 0 Å². The predicted octanol–water partition coefficient (Wildman–Crippen LogP) is 0.981. The van der Waals surface area contributed by atoms with E-state index in [1.54, 1.807) is 0 Å². The zero-order chi connectivity index (χ0) is 16.4. The molecule has 2 amide bonds. The standard InChI is InChI=1S/C15H20N2O5/c1-11(14(19)16-9-8-13(18)21-2)17-15(20)22-10-12-6-4-3-5-7-12/h3-7,11H,8-10H2,1-2H3,(H,16,19)(H,17,20)/t11-/m0/s1. The van der Waals surface area contributed by atoms with Gasteiger partial charge in [0.1, 0.15) is 12.6 Å². The van der Waals surface area contributed by atoms with Gasteiger partial charge in [-0.1, -0.05) is 30.3 Å². The van der Waals surface area contributed by atoms with E-state index in [0.29, 0.717) is 0 Å². The molecule has 7 nitrogen and oxygen atoms in total. The monoisotopic (exact) mass is 308 g/mol. The fourth-order valence-electron chi connectivity index (χ4n) is 1.55. The van der Waals surface area contributed by atoms with Gasteiger partial charge in [-0.25, -0.2) is 4.79 Å². The molecule has 2 N–H and O–H groups in total. The lowest BCUT2D eigenvalue weighted by atomic mass is 10.2. The van der Waals surface area contributed by atoms with E-state index in [-0.39, 0.29) is 19.6 Å². The summed E-state index contributed by atoms with van der Waals surface area (Å²) in [5, 5.41) is 4.93. The Kier molecular flexibility index (Phi) is 7.45. The normalized spacial score (nSPS) is 11.2. The van der Waals surface area contributed by atoms with Crippen LogP contribution in [0, 0.1) is 0 Å². The fraction of sp³-hybridized carbons (Fsp3) is 0.400. The number of methoxy groups -OCH3 is 1. The molecule has 0 saturated heterocycles. The Hall–Kier alpha value is -2.57. The molecule has 120 valence electrons. The van der Waals surface area contributed by atoms with Crippen molar-refractivity contribution in [2.45, 2.75) is 26.0 Å². The van der Waals surface area contributed by atoms with E-state index >= 15 is 0 Å². The summed E-state index contributed by atoms with van der Waals surface area (Å²) in [5.41, 5.74) is 0.854. The van der Waals surface area contributed by atoms with E-state index in [0.717, 1.165) is 5.56 Å². The summed E-state index contributed by atoms with van der Waals surface area (Å²) >= 11 is 0. The smallest absolute Gasteiger partial charge is 0.408 e. The molecule has 0 aliphatic carbocycles. The molecule has 0 bridgehead atoms. The molecule has 1 aromatic rings. The van der Waals surface area contributed by atoms with Crippen LogP contribution < -0.4 is 10.6 Å². The van der Waals surface area contributed by atoms with Crippen molar-refractivity contribution >= 4 is 18.0 Å². The molecule has 0 aliphatic rings. The van der Waals surface area contributed by atoms with E-state index in [9.17, 15) is 14.4 Å². The molecular formula is C15H20N2O5. The van der Waals surface area contributed by atoms with Crippen LogP contribution in [0.15, 0.2) is 30.3 Å². The molecule has 0 fully saturated rings. The van der Waals surface area contributed by atoms with Crippen LogP contribution in [0.4, 0.5) is 4.79 Å². The molecule has 0 heterocycles. The molecule has 0 spiro atoms. The Morgan fingerprint density at radius 2 is 1.86 bits per heavy atom. The van der Waals surface area contributed by atoms with E-state index in [1.165, 1.54) is 14.0 Å². The van der Waals surface area contributed by atoms with Crippen molar-refractivity contribution in [1.29, 1.82) is 0 Å². The summed E-state index contributed by atoms with van der Waals surface area (Å²) in [7, 11) is 1.27. The number of nitrogens with one attached hydrogen (secondary N) is 2. The van der Waals surface area contributed by atoms with Crippen LogP contribution >= 0.6 is 0 Å². The number of rotatable bonds is 7. The third kappa shape index (κ3) is 6.74. The lowest BCUT2D eigenvalue weighted by Gasteiger charge is -2.14. The quantitative estimate of drug-likeness (QED) is 0.732. The van der Waals surface area contributed by atoms with E-state index in [1.807, 2.05) is 30.3 Å². The zero-order valence-electron chi connectivity index (χ0n) is 12.6. The number of esters is 1. The Bertz CT molecular complexity index is 504. The average Bonchev–Trinajstić information content (AvgIpc) is 2.53. The Morgan fingerprint density at radius 1 is 1.18 bits per heavy atom. The lowest BCUT2D eigenvalue weighted by molar-refractivity contribution is -0.140. The van der Waals surface area contributed by atoms with Crippen LogP contribution in [0.25, 0.3) is 0 Å². The summed E-state index contributed by atoms with van der Waals surface area (Å²) < 4.78 is 9.46. The highest BCUT2D eigenvalue weighted by Gasteiger charge is 2.16. The molecular weight excluding hydrogens is 288 g/mol. The van der Waals surface area contributed by atoms with Gasteiger partial charge in [0.25, 0.3) is 0 Å². The second-order valence-electron chi connectivity index (χ2n) is 4.54. The average molecular weight is 308 g/mol. The topological polar surface area (TPSA) is 93.7 Å². The second-order valence-corrected chi connectivity index (χ2v) is 4.54. The van der Waals surface area contributed by atoms with Crippen molar-refractivity contribution in [3.05, 3.63) is 35.9 Å². The summed E-state index contributed by atoms with van der Waals surface area (Å²) in [6.07, 6.45) is -0.604. The number of benzene rings is 1. The molecule has 1 rings (SSSR count). The van der Waals surface area contributed by atoms with Gasteiger partial charge >= 0.3 is 12.1 Å². The highest BCUT2D eigenvalue weighted by Crippen LogP contribution is 2.00. The van der Waals surface area contributed by atoms with Gasteiger partial charge in [0.15, 0.2) is 0 Å². The second kappa shape index (κ2) is 9.38. The lowest BCUT2D eigenvalue weighted by Crippen LogP contribution is -2.45. The van der Waals surface area contributed by atoms with Crippen molar-refractivity contribution in [2.75, 3.05) is 13.7 Å². The minimum Gasteiger partial charge on any atom is -0.469 e. The van der Waals surface area contributed by atoms with Gasteiger partial charge in [0, 0.05) is 6.54 Å². The van der Waals surface area contributed by atoms with Crippen molar-refractivity contribution in [3.8, 4) is 0 Å². The maximum Gasteiger partial charge on any atom is 0.408 e. The minimum absolute atomic E-state index is 0.0768. The Balaban J connectivity index is 2.25. The maximum absolute atomic E-state index is 11.7. The largest absolute Gasteiger partial charge is 0.469 e. The van der Waals surface area contributed by atoms with Gasteiger partial charge in [0.05, 0.1) is 13.5 Å². The summed E-state index contributed by atoms with van der Waals surface area (Å²) in [4.78, 5) is 34.2. The first-order valence-corrected chi connectivity index (χ1v) is 6.84. The predicted molar refractivity (Wildman–Crippen MR) is 78.9 cm³/mol.